The SMILES string of the molecule is O=c1[nH]ccc2nc(Nc3ccc(N4CCC(O)CC4)cn3)ccc12. The van der Waals surface area contributed by atoms with Gasteiger partial charge in [0.05, 0.1) is 28.9 Å². The predicted molar refractivity (Wildman–Crippen MR) is 97.3 cm³/mol. The third kappa shape index (κ3) is 3.32. The Morgan fingerprint density at radius 1 is 1.12 bits per heavy atom. The highest BCUT2D eigenvalue weighted by molar-refractivity contribution is 5.79. The number of rotatable bonds is 3. The van der Waals surface area contributed by atoms with Crippen molar-refractivity contribution >= 4 is 28.2 Å². The van der Waals surface area contributed by atoms with Gasteiger partial charge in [0.15, 0.2) is 0 Å². The lowest BCUT2D eigenvalue weighted by atomic mass is 10.1. The van der Waals surface area contributed by atoms with Gasteiger partial charge >= 0.3 is 0 Å². The molecule has 1 aliphatic heterocycles. The minimum Gasteiger partial charge on any atom is -0.393 e. The molecule has 7 heteroatoms. The van der Waals surface area contributed by atoms with Crippen molar-refractivity contribution in [2.75, 3.05) is 23.3 Å². The summed E-state index contributed by atoms with van der Waals surface area (Å²) in [5, 5.41) is 13.3. The number of nitrogens with one attached hydrogen (secondary N) is 2. The van der Waals surface area contributed by atoms with E-state index in [4.69, 9.17) is 0 Å². The molecule has 128 valence electrons. The Kier molecular flexibility index (Phi) is 4.07. The van der Waals surface area contributed by atoms with Crippen molar-refractivity contribution in [3.8, 4) is 0 Å². The van der Waals surface area contributed by atoms with Crippen LogP contribution in [0.4, 0.5) is 17.3 Å². The Bertz CT molecular complexity index is 930. The number of hydrogen-bond donors (Lipinski definition) is 3. The maximum atomic E-state index is 11.7. The summed E-state index contributed by atoms with van der Waals surface area (Å²) in [5.74, 6) is 1.33. The van der Waals surface area contributed by atoms with Gasteiger partial charge in [-0.1, -0.05) is 0 Å². The molecule has 4 rings (SSSR count). The second kappa shape index (κ2) is 6.52. The van der Waals surface area contributed by atoms with E-state index in [9.17, 15) is 9.90 Å². The maximum Gasteiger partial charge on any atom is 0.257 e. The van der Waals surface area contributed by atoms with E-state index >= 15 is 0 Å². The highest BCUT2D eigenvalue weighted by Gasteiger charge is 2.17. The Morgan fingerprint density at radius 2 is 1.92 bits per heavy atom. The number of piperidine rings is 1. The first-order chi connectivity index (χ1) is 12.2. The van der Waals surface area contributed by atoms with Gasteiger partial charge in [-0.05, 0) is 43.2 Å². The molecule has 25 heavy (non-hydrogen) atoms. The van der Waals surface area contributed by atoms with Crippen molar-refractivity contribution in [2.24, 2.45) is 0 Å². The van der Waals surface area contributed by atoms with Crippen molar-refractivity contribution in [1.29, 1.82) is 0 Å². The summed E-state index contributed by atoms with van der Waals surface area (Å²) in [7, 11) is 0. The molecule has 0 unspecified atom stereocenters. The molecule has 0 atom stereocenters. The van der Waals surface area contributed by atoms with Crippen molar-refractivity contribution < 1.29 is 5.11 Å². The molecule has 0 aliphatic carbocycles. The average molecular weight is 337 g/mol. The third-order valence-corrected chi connectivity index (χ3v) is 4.46. The van der Waals surface area contributed by atoms with Gasteiger partial charge in [0, 0.05) is 19.3 Å². The molecule has 4 heterocycles. The number of aliphatic hydroxyl groups excluding tert-OH is 1. The van der Waals surface area contributed by atoms with Crippen molar-refractivity contribution in [1.82, 2.24) is 15.0 Å². The summed E-state index contributed by atoms with van der Waals surface area (Å²) in [5.41, 5.74) is 1.54. The normalized spacial score (nSPS) is 15.5. The van der Waals surface area contributed by atoms with Crippen LogP contribution in [0.1, 0.15) is 12.8 Å². The van der Waals surface area contributed by atoms with Crippen LogP contribution in [0.5, 0.6) is 0 Å². The lowest BCUT2D eigenvalue weighted by Gasteiger charge is -2.31. The first-order valence-electron chi connectivity index (χ1n) is 8.33. The third-order valence-electron chi connectivity index (χ3n) is 4.46. The predicted octanol–water partition coefficient (Wildman–Crippen LogP) is 2.02. The number of pyridine rings is 3. The number of hydrogen-bond acceptors (Lipinski definition) is 6. The molecule has 0 aromatic carbocycles. The van der Waals surface area contributed by atoms with Crippen LogP contribution >= 0.6 is 0 Å². The second-order valence-corrected chi connectivity index (χ2v) is 6.18. The molecular formula is C18H19N5O2. The van der Waals surface area contributed by atoms with Crippen LogP contribution in [0.25, 0.3) is 10.9 Å². The first-order valence-corrected chi connectivity index (χ1v) is 8.33. The van der Waals surface area contributed by atoms with E-state index in [1.807, 2.05) is 18.3 Å². The summed E-state index contributed by atoms with van der Waals surface area (Å²) in [4.78, 5) is 25.5. The highest BCUT2D eigenvalue weighted by Crippen LogP contribution is 2.22. The number of aromatic amines is 1. The van der Waals surface area contributed by atoms with Gasteiger partial charge in [-0.15, -0.1) is 0 Å². The van der Waals surface area contributed by atoms with Crippen LogP contribution in [0.15, 0.2) is 47.5 Å². The molecule has 3 aromatic heterocycles. The molecule has 0 spiro atoms. The molecule has 0 saturated carbocycles. The Morgan fingerprint density at radius 3 is 2.68 bits per heavy atom. The van der Waals surface area contributed by atoms with Gasteiger partial charge in [-0.25, -0.2) is 9.97 Å². The summed E-state index contributed by atoms with van der Waals surface area (Å²) in [6.45, 7) is 1.69. The van der Waals surface area contributed by atoms with Crippen molar-refractivity contribution in [3.63, 3.8) is 0 Å². The zero-order chi connectivity index (χ0) is 17.2. The molecule has 1 aliphatic rings. The van der Waals surface area contributed by atoms with E-state index in [1.54, 1.807) is 24.4 Å². The van der Waals surface area contributed by atoms with Gasteiger partial charge in [-0.2, -0.15) is 0 Å². The fraction of sp³-hybridized carbons (Fsp3) is 0.278. The number of anilines is 3. The topological polar surface area (TPSA) is 94.1 Å². The van der Waals surface area contributed by atoms with Gasteiger partial charge in [-0.3, -0.25) is 4.79 Å². The van der Waals surface area contributed by atoms with Crippen LogP contribution in [0.3, 0.4) is 0 Å². The van der Waals surface area contributed by atoms with Crippen LogP contribution in [0.2, 0.25) is 0 Å². The monoisotopic (exact) mass is 337 g/mol. The molecule has 1 fully saturated rings. The van der Waals surface area contributed by atoms with E-state index in [-0.39, 0.29) is 11.7 Å². The minimum absolute atomic E-state index is 0.148. The molecule has 1 saturated heterocycles. The molecule has 0 amide bonds. The molecule has 0 bridgehead atoms. The molecule has 3 N–H and O–H groups in total. The number of H-pyrrole nitrogens is 1. The van der Waals surface area contributed by atoms with E-state index in [0.29, 0.717) is 22.5 Å². The molecule has 3 aromatic rings. The zero-order valence-electron chi connectivity index (χ0n) is 13.6. The first kappa shape index (κ1) is 15.6. The van der Waals surface area contributed by atoms with Gasteiger partial charge < -0.3 is 20.3 Å². The van der Waals surface area contributed by atoms with Gasteiger partial charge in [0.1, 0.15) is 11.6 Å². The fourth-order valence-electron chi connectivity index (χ4n) is 3.04. The number of aliphatic hydroxyl groups is 1. The Labute approximate surface area is 144 Å². The fourth-order valence-corrected chi connectivity index (χ4v) is 3.04. The standard InChI is InChI=1S/C18H19N5O2/c24-13-6-9-23(10-7-13)12-1-3-16(20-11-12)22-17-4-2-14-15(21-17)5-8-19-18(14)25/h1-5,8,11,13,24H,6-7,9-10H2,(H,19,25)(H,20,21,22). The van der Waals surface area contributed by atoms with E-state index in [0.717, 1.165) is 31.6 Å². The van der Waals surface area contributed by atoms with E-state index < -0.39 is 0 Å². The van der Waals surface area contributed by atoms with E-state index in [2.05, 4.69) is 25.2 Å². The van der Waals surface area contributed by atoms with E-state index in [1.165, 1.54) is 0 Å². The lowest BCUT2D eigenvalue weighted by Crippen LogP contribution is -2.35. The quantitative estimate of drug-likeness (QED) is 0.677. The van der Waals surface area contributed by atoms with Crippen LogP contribution in [0, 0.1) is 0 Å². The number of fused-ring (bicyclic) bond motifs is 1. The largest absolute Gasteiger partial charge is 0.393 e. The van der Waals surface area contributed by atoms with Crippen LogP contribution in [-0.2, 0) is 0 Å². The van der Waals surface area contributed by atoms with Gasteiger partial charge in [0.2, 0.25) is 0 Å². The minimum atomic E-state index is -0.184. The second-order valence-electron chi connectivity index (χ2n) is 6.18. The van der Waals surface area contributed by atoms with Crippen molar-refractivity contribution in [3.05, 3.63) is 53.1 Å². The Balaban J connectivity index is 1.50. The summed E-state index contributed by atoms with van der Waals surface area (Å²) >= 11 is 0. The summed E-state index contributed by atoms with van der Waals surface area (Å²) < 4.78 is 0. The lowest BCUT2D eigenvalue weighted by molar-refractivity contribution is 0.145. The Hall–Kier alpha value is -2.93. The van der Waals surface area contributed by atoms with Gasteiger partial charge in [0.25, 0.3) is 5.56 Å². The summed E-state index contributed by atoms with van der Waals surface area (Å²) in [6.07, 6.45) is 4.81. The molecule has 7 nitrogen and oxygen atoms in total. The van der Waals surface area contributed by atoms with Crippen LogP contribution in [-0.4, -0.2) is 39.3 Å². The molecule has 0 radical (unpaired) electrons. The molecular weight excluding hydrogens is 318 g/mol. The zero-order valence-corrected chi connectivity index (χ0v) is 13.6. The maximum absolute atomic E-state index is 11.7. The summed E-state index contributed by atoms with van der Waals surface area (Å²) in [6, 6.07) is 9.20. The number of nitrogens with zero attached hydrogens (tertiary/aromatic N) is 3. The number of aromatic nitrogens is 3. The van der Waals surface area contributed by atoms with Crippen LogP contribution < -0.4 is 15.8 Å². The highest BCUT2D eigenvalue weighted by atomic mass is 16.3. The average Bonchev–Trinajstić information content (AvgIpc) is 2.63. The van der Waals surface area contributed by atoms with Crippen molar-refractivity contribution in [2.45, 2.75) is 18.9 Å². The smallest absolute Gasteiger partial charge is 0.257 e.